The van der Waals surface area contributed by atoms with E-state index in [0.29, 0.717) is 6.04 Å². The number of fused-ring (bicyclic) bond motifs is 1. The Kier molecular flexibility index (Phi) is 4.50. The molecule has 0 radical (unpaired) electrons. The fourth-order valence-corrected chi connectivity index (χ4v) is 4.37. The van der Waals surface area contributed by atoms with Crippen molar-refractivity contribution in [3.63, 3.8) is 0 Å². The van der Waals surface area contributed by atoms with Crippen LogP contribution in [-0.4, -0.2) is 9.78 Å². The lowest BCUT2D eigenvalue weighted by molar-refractivity contribution is 0.451. The Balaban J connectivity index is 1.49. The van der Waals surface area contributed by atoms with Gasteiger partial charge in [0.25, 0.3) is 0 Å². The van der Waals surface area contributed by atoms with Gasteiger partial charge in [-0.3, -0.25) is 4.68 Å². The molecule has 1 atom stereocenters. The van der Waals surface area contributed by atoms with Gasteiger partial charge in [-0.2, -0.15) is 5.10 Å². The summed E-state index contributed by atoms with van der Waals surface area (Å²) in [6.07, 6.45) is 5.65. The van der Waals surface area contributed by atoms with Crippen molar-refractivity contribution in [3.8, 4) is 0 Å². The van der Waals surface area contributed by atoms with E-state index in [-0.39, 0.29) is 0 Å². The maximum absolute atomic E-state index is 4.68. The standard InChI is InChI=1S/C20H23N3S/c1-15-10-11-17(24-15)12-21-19-8-5-9-20-18(19)13-22-23(20)14-16-6-3-2-4-7-16/h2-4,6-7,10-11,13,19,21H,5,8-9,12,14H2,1H3/t19-/m0/s1. The molecule has 4 rings (SSSR count). The third-order valence-electron chi connectivity index (χ3n) is 4.76. The lowest BCUT2D eigenvalue weighted by atomic mass is 9.93. The molecule has 0 aliphatic heterocycles. The first-order valence-corrected chi connectivity index (χ1v) is 9.48. The maximum Gasteiger partial charge on any atom is 0.0662 e. The van der Waals surface area contributed by atoms with Crippen molar-refractivity contribution in [3.05, 3.63) is 75.2 Å². The summed E-state index contributed by atoms with van der Waals surface area (Å²) in [5, 5.41) is 8.42. The second-order valence-electron chi connectivity index (χ2n) is 6.53. The Morgan fingerprint density at radius 3 is 2.88 bits per heavy atom. The fourth-order valence-electron chi connectivity index (χ4n) is 3.53. The van der Waals surface area contributed by atoms with Crippen LogP contribution in [0.1, 0.15) is 45.5 Å². The number of thiophene rings is 1. The molecule has 1 aliphatic rings. The van der Waals surface area contributed by atoms with Gasteiger partial charge in [0, 0.05) is 33.6 Å². The highest BCUT2D eigenvalue weighted by Gasteiger charge is 2.24. The Labute approximate surface area is 147 Å². The van der Waals surface area contributed by atoms with Gasteiger partial charge in [0.2, 0.25) is 0 Å². The van der Waals surface area contributed by atoms with E-state index in [9.17, 15) is 0 Å². The monoisotopic (exact) mass is 337 g/mol. The van der Waals surface area contributed by atoms with Gasteiger partial charge in [-0.25, -0.2) is 0 Å². The summed E-state index contributed by atoms with van der Waals surface area (Å²) in [5.74, 6) is 0. The lowest BCUT2D eigenvalue weighted by Gasteiger charge is -2.24. The van der Waals surface area contributed by atoms with Gasteiger partial charge in [-0.15, -0.1) is 11.3 Å². The third kappa shape index (κ3) is 3.30. The number of benzene rings is 1. The van der Waals surface area contributed by atoms with E-state index in [1.165, 1.54) is 39.4 Å². The summed E-state index contributed by atoms with van der Waals surface area (Å²) in [6, 6.07) is 15.5. The summed E-state index contributed by atoms with van der Waals surface area (Å²) < 4.78 is 2.19. The number of aryl methyl sites for hydroxylation is 1. The first-order chi connectivity index (χ1) is 11.8. The van der Waals surface area contributed by atoms with E-state index in [1.54, 1.807) is 0 Å². The molecule has 124 valence electrons. The van der Waals surface area contributed by atoms with Crippen LogP contribution in [0.2, 0.25) is 0 Å². The number of nitrogens with zero attached hydrogens (tertiary/aromatic N) is 2. The van der Waals surface area contributed by atoms with E-state index >= 15 is 0 Å². The van der Waals surface area contributed by atoms with Crippen molar-refractivity contribution in [1.82, 2.24) is 15.1 Å². The molecule has 1 N–H and O–H groups in total. The maximum atomic E-state index is 4.68. The van der Waals surface area contributed by atoms with Crippen LogP contribution < -0.4 is 5.32 Å². The predicted molar refractivity (Wildman–Crippen MR) is 99.3 cm³/mol. The van der Waals surface area contributed by atoms with Crippen molar-refractivity contribution >= 4 is 11.3 Å². The molecule has 0 fully saturated rings. The molecule has 0 unspecified atom stereocenters. The first-order valence-electron chi connectivity index (χ1n) is 8.67. The smallest absolute Gasteiger partial charge is 0.0662 e. The third-order valence-corrected chi connectivity index (χ3v) is 5.76. The highest BCUT2D eigenvalue weighted by atomic mass is 32.1. The average Bonchev–Trinajstić information content (AvgIpc) is 3.21. The molecule has 1 aromatic carbocycles. The minimum Gasteiger partial charge on any atom is -0.305 e. The zero-order valence-electron chi connectivity index (χ0n) is 14.0. The quantitative estimate of drug-likeness (QED) is 0.744. The molecule has 24 heavy (non-hydrogen) atoms. The second-order valence-corrected chi connectivity index (χ2v) is 7.90. The van der Waals surface area contributed by atoms with Crippen LogP contribution in [0.5, 0.6) is 0 Å². The van der Waals surface area contributed by atoms with Crippen molar-refractivity contribution in [2.45, 2.75) is 45.3 Å². The van der Waals surface area contributed by atoms with Gasteiger partial charge in [0.15, 0.2) is 0 Å². The van der Waals surface area contributed by atoms with Crippen LogP contribution in [-0.2, 0) is 19.5 Å². The van der Waals surface area contributed by atoms with Crippen LogP contribution in [0.3, 0.4) is 0 Å². The largest absolute Gasteiger partial charge is 0.305 e. The zero-order chi connectivity index (χ0) is 16.4. The van der Waals surface area contributed by atoms with Crippen LogP contribution in [0.4, 0.5) is 0 Å². The number of hydrogen-bond donors (Lipinski definition) is 1. The van der Waals surface area contributed by atoms with Gasteiger partial charge in [-0.1, -0.05) is 30.3 Å². The number of nitrogens with one attached hydrogen (secondary N) is 1. The number of hydrogen-bond acceptors (Lipinski definition) is 3. The van der Waals surface area contributed by atoms with Gasteiger partial charge in [0.1, 0.15) is 0 Å². The Morgan fingerprint density at radius 2 is 2.08 bits per heavy atom. The molecule has 1 aliphatic carbocycles. The van der Waals surface area contributed by atoms with Crippen molar-refractivity contribution in [2.24, 2.45) is 0 Å². The SMILES string of the molecule is Cc1ccc(CN[C@H]2CCCc3c2cnn3Cc2ccccc2)s1. The Hall–Kier alpha value is -1.91. The molecule has 0 amide bonds. The van der Waals surface area contributed by atoms with E-state index in [1.807, 2.05) is 11.3 Å². The summed E-state index contributed by atoms with van der Waals surface area (Å²) in [7, 11) is 0. The van der Waals surface area contributed by atoms with E-state index in [2.05, 4.69) is 70.7 Å². The predicted octanol–water partition coefficient (Wildman–Crippen LogP) is 4.47. The van der Waals surface area contributed by atoms with E-state index in [0.717, 1.165) is 19.5 Å². The molecule has 3 aromatic rings. The minimum absolute atomic E-state index is 0.431. The zero-order valence-corrected chi connectivity index (χ0v) is 14.9. The van der Waals surface area contributed by atoms with Crippen LogP contribution in [0, 0.1) is 6.92 Å². The second kappa shape index (κ2) is 6.91. The van der Waals surface area contributed by atoms with Gasteiger partial charge in [-0.05, 0) is 43.9 Å². The molecule has 3 nitrogen and oxygen atoms in total. The first kappa shape index (κ1) is 15.6. The van der Waals surface area contributed by atoms with Gasteiger partial charge in [0.05, 0.1) is 12.7 Å². The van der Waals surface area contributed by atoms with Gasteiger partial charge < -0.3 is 5.32 Å². The van der Waals surface area contributed by atoms with Crippen LogP contribution in [0.25, 0.3) is 0 Å². The highest BCUT2D eigenvalue weighted by Crippen LogP contribution is 2.30. The number of aromatic nitrogens is 2. The molecule has 2 heterocycles. The lowest BCUT2D eigenvalue weighted by Crippen LogP contribution is -2.25. The highest BCUT2D eigenvalue weighted by molar-refractivity contribution is 7.11. The molecular weight excluding hydrogens is 314 g/mol. The average molecular weight is 337 g/mol. The molecule has 0 saturated heterocycles. The van der Waals surface area contributed by atoms with Crippen LogP contribution >= 0.6 is 11.3 Å². The summed E-state index contributed by atoms with van der Waals surface area (Å²) >= 11 is 1.88. The molecule has 4 heteroatoms. The topological polar surface area (TPSA) is 29.9 Å². The summed E-state index contributed by atoms with van der Waals surface area (Å²) in [6.45, 7) is 3.99. The number of rotatable bonds is 5. The molecule has 0 saturated carbocycles. The van der Waals surface area contributed by atoms with Crippen molar-refractivity contribution in [1.29, 1.82) is 0 Å². The minimum atomic E-state index is 0.431. The molecular formula is C20H23N3S. The Bertz CT molecular complexity index is 803. The summed E-state index contributed by atoms with van der Waals surface area (Å²) in [4.78, 5) is 2.79. The molecule has 0 spiro atoms. The van der Waals surface area contributed by atoms with Crippen molar-refractivity contribution < 1.29 is 0 Å². The van der Waals surface area contributed by atoms with Crippen molar-refractivity contribution in [2.75, 3.05) is 0 Å². The van der Waals surface area contributed by atoms with E-state index < -0.39 is 0 Å². The van der Waals surface area contributed by atoms with Gasteiger partial charge >= 0.3 is 0 Å². The molecule has 0 bridgehead atoms. The van der Waals surface area contributed by atoms with Crippen LogP contribution in [0.15, 0.2) is 48.7 Å². The Morgan fingerprint density at radius 1 is 1.21 bits per heavy atom. The van der Waals surface area contributed by atoms with E-state index in [4.69, 9.17) is 0 Å². The molecule has 2 aromatic heterocycles. The fraction of sp³-hybridized carbons (Fsp3) is 0.350. The normalized spacial score (nSPS) is 17.0. The summed E-state index contributed by atoms with van der Waals surface area (Å²) in [5.41, 5.74) is 4.11.